The molecule has 2 rings (SSSR count). The Morgan fingerprint density at radius 1 is 1.56 bits per heavy atom. The second-order valence-electron chi connectivity index (χ2n) is 3.97. The van der Waals surface area contributed by atoms with Gasteiger partial charge in [-0.05, 0) is 25.0 Å². The number of nitrogens with zero attached hydrogens (tertiary/aromatic N) is 2. The van der Waals surface area contributed by atoms with Crippen LogP contribution >= 0.6 is 11.6 Å². The summed E-state index contributed by atoms with van der Waals surface area (Å²) in [5, 5.41) is -0.104. The molecule has 98 valence electrons. The van der Waals surface area contributed by atoms with Crippen LogP contribution in [0.2, 0.25) is 5.15 Å². The van der Waals surface area contributed by atoms with Crippen LogP contribution in [-0.4, -0.2) is 36.2 Å². The number of aromatic nitrogens is 1. The van der Waals surface area contributed by atoms with Crippen LogP contribution in [0.3, 0.4) is 0 Å². The van der Waals surface area contributed by atoms with E-state index in [1.165, 1.54) is 18.3 Å². The van der Waals surface area contributed by atoms with Gasteiger partial charge >= 0.3 is 0 Å². The lowest BCUT2D eigenvalue weighted by molar-refractivity contribution is -0.121. The Morgan fingerprint density at radius 3 is 2.89 bits per heavy atom. The van der Waals surface area contributed by atoms with Crippen LogP contribution in [0, 0.1) is 0 Å². The van der Waals surface area contributed by atoms with E-state index in [1.54, 1.807) is 0 Å². The first-order valence-electron chi connectivity index (χ1n) is 5.36. The highest BCUT2D eigenvalue weighted by atomic mass is 35.5. The van der Waals surface area contributed by atoms with Gasteiger partial charge in [0.15, 0.2) is 0 Å². The van der Waals surface area contributed by atoms with Crippen molar-refractivity contribution in [1.82, 2.24) is 9.29 Å². The van der Waals surface area contributed by atoms with Crippen molar-refractivity contribution < 1.29 is 13.2 Å². The van der Waals surface area contributed by atoms with Crippen LogP contribution in [0.25, 0.3) is 0 Å². The van der Waals surface area contributed by atoms with Crippen molar-refractivity contribution in [2.45, 2.75) is 23.8 Å². The zero-order chi connectivity index (χ0) is 13.3. The van der Waals surface area contributed by atoms with E-state index in [0.717, 1.165) is 4.31 Å². The lowest BCUT2D eigenvalue weighted by atomic mass is 10.2. The summed E-state index contributed by atoms with van der Waals surface area (Å²) in [5.74, 6) is -0.643. The summed E-state index contributed by atoms with van der Waals surface area (Å²) in [5.41, 5.74) is 5.21. The fourth-order valence-corrected chi connectivity index (χ4v) is 4.10. The summed E-state index contributed by atoms with van der Waals surface area (Å²) >= 11 is 5.78. The molecule has 1 fully saturated rings. The first kappa shape index (κ1) is 13.3. The minimum absolute atomic E-state index is 0.0974. The van der Waals surface area contributed by atoms with E-state index in [-0.39, 0.29) is 16.6 Å². The number of nitrogens with two attached hydrogens (primary N) is 1. The van der Waals surface area contributed by atoms with Gasteiger partial charge < -0.3 is 5.73 Å². The Labute approximate surface area is 110 Å². The normalized spacial score (nSPS) is 21.1. The number of primary amides is 1. The molecule has 1 unspecified atom stereocenters. The van der Waals surface area contributed by atoms with Gasteiger partial charge in [-0.2, -0.15) is 4.31 Å². The fourth-order valence-electron chi connectivity index (χ4n) is 2.00. The van der Waals surface area contributed by atoms with Crippen molar-refractivity contribution in [3.05, 3.63) is 23.5 Å². The third-order valence-corrected chi connectivity index (χ3v) is 5.20. The number of rotatable bonds is 3. The molecule has 1 amide bonds. The number of sulfonamides is 1. The zero-order valence-electron chi connectivity index (χ0n) is 9.41. The molecule has 6 nitrogen and oxygen atoms in total. The zero-order valence-corrected chi connectivity index (χ0v) is 11.0. The summed E-state index contributed by atoms with van der Waals surface area (Å²) in [6.45, 7) is 0.265. The molecule has 1 atom stereocenters. The molecule has 8 heteroatoms. The van der Waals surface area contributed by atoms with Crippen molar-refractivity contribution in [3.8, 4) is 0 Å². The predicted molar refractivity (Wildman–Crippen MR) is 65.4 cm³/mol. The first-order chi connectivity index (χ1) is 8.44. The molecule has 0 saturated carbocycles. The number of amides is 1. The van der Waals surface area contributed by atoms with Crippen molar-refractivity contribution in [1.29, 1.82) is 0 Å². The number of hydrogen-bond acceptors (Lipinski definition) is 4. The van der Waals surface area contributed by atoms with Crippen molar-refractivity contribution in [3.63, 3.8) is 0 Å². The highest BCUT2D eigenvalue weighted by Crippen LogP contribution is 2.28. The van der Waals surface area contributed by atoms with E-state index in [4.69, 9.17) is 17.3 Å². The summed E-state index contributed by atoms with van der Waals surface area (Å²) in [6.07, 6.45) is 2.44. The second-order valence-corrected chi connectivity index (χ2v) is 6.19. The lowest BCUT2D eigenvalue weighted by Gasteiger charge is -2.21. The molecular weight excluding hydrogens is 278 g/mol. The number of carbonyl (C=O) groups excluding carboxylic acids is 1. The fraction of sp³-hybridized carbons (Fsp3) is 0.400. The van der Waals surface area contributed by atoms with Crippen LogP contribution in [0.5, 0.6) is 0 Å². The minimum atomic E-state index is -3.83. The molecule has 0 radical (unpaired) electrons. The van der Waals surface area contributed by atoms with Gasteiger partial charge in [-0.3, -0.25) is 4.79 Å². The number of halogens is 1. The standard InChI is InChI=1S/C10H12ClN3O3S/c11-9-8(4-1-5-13-9)18(16,17)14-6-2-3-7(14)10(12)15/h1,4-5,7H,2-3,6H2,(H2,12,15). The lowest BCUT2D eigenvalue weighted by Crippen LogP contribution is -2.43. The van der Waals surface area contributed by atoms with Gasteiger partial charge in [-0.1, -0.05) is 11.6 Å². The Bertz CT molecular complexity index is 575. The number of pyridine rings is 1. The van der Waals surface area contributed by atoms with Gasteiger partial charge in [0, 0.05) is 12.7 Å². The Hall–Kier alpha value is -1.18. The molecule has 1 saturated heterocycles. The summed E-state index contributed by atoms with van der Waals surface area (Å²) < 4.78 is 25.8. The molecule has 0 aliphatic carbocycles. The molecule has 0 spiro atoms. The molecule has 0 bridgehead atoms. The van der Waals surface area contributed by atoms with Gasteiger partial charge in [0.1, 0.15) is 16.1 Å². The summed E-state index contributed by atoms with van der Waals surface area (Å²) in [6, 6.07) is 2.04. The molecule has 1 aliphatic rings. The third-order valence-electron chi connectivity index (χ3n) is 2.84. The van der Waals surface area contributed by atoms with Crippen LogP contribution in [0.15, 0.2) is 23.2 Å². The summed E-state index contributed by atoms with van der Waals surface area (Å²) in [7, 11) is -3.83. The Kier molecular flexibility index (Phi) is 3.56. The quantitative estimate of drug-likeness (QED) is 0.814. The monoisotopic (exact) mass is 289 g/mol. The van der Waals surface area contributed by atoms with E-state index >= 15 is 0 Å². The van der Waals surface area contributed by atoms with Crippen molar-refractivity contribution in [2.75, 3.05) is 6.54 Å². The minimum Gasteiger partial charge on any atom is -0.368 e. The van der Waals surface area contributed by atoms with Crippen LogP contribution in [0.4, 0.5) is 0 Å². The molecule has 2 heterocycles. The second kappa shape index (κ2) is 4.83. The summed E-state index contributed by atoms with van der Waals surface area (Å²) in [4.78, 5) is 14.9. The van der Waals surface area contributed by atoms with Gasteiger partial charge in [0.05, 0.1) is 0 Å². The highest BCUT2D eigenvalue weighted by molar-refractivity contribution is 7.89. The first-order valence-corrected chi connectivity index (χ1v) is 7.18. The van der Waals surface area contributed by atoms with Crippen LogP contribution in [-0.2, 0) is 14.8 Å². The number of hydrogen-bond donors (Lipinski definition) is 1. The van der Waals surface area contributed by atoms with Gasteiger partial charge in [0.25, 0.3) is 0 Å². The third kappa shape index (κ3) is 2.21. The van der Waals surface area contributed by atoms with E-state index in [9.17, 15) is 13.2 Å². The predicted octanol–water partition coefficient (Wildman–Crippen LogP) is 0.373. The average Bonchev–Trinajstić information content (AvgIpc) is 2.78. The van der Waals surface area contributed by atoms with Crippen LogP contribution < -0.4 is 5.73 Å². The van der Waals surface area contributed by atoms with Crippen LogP contribution in [0.1, 0.15) is 12.8 Å². The smallest absolute Gasteiger partial charge is 0.246 e. The molecule has 18 heavy (non-hydrogen) atoms. The molecule has 1 aromatic rings. The van der Waals surface area contributed by atoms with E-state index in [0.29, 0.717) is 12.8 Å². The van der Waals surface area contributed by atoms with E-state index in [2.05, 4.69) is 4.98 Å². The van der Waals surface area contributed by atoms with E-state index in [1.807, 2.05) is 0 Å². The van der Waals surface area contributed by atoms with Gasteiger partial charge in [-0.15, -0.1) is 0 Å². The Morgan fingerprint density at radius 2 is 2.28 bits per heavy atom. The molecule has 0 aromatic carbocycles. The maximum absolute atomic E-state index is 12.4. The SMILES string of the molecule is NC(=O)C1CCCN1S(=O)(=O)c1cccnc1Cl. The largest absolute Gasteiger partial charge is 0.368 e. The molecular formula is C10H12ClN3O3S. The number of carbonyl (C=O) groups is 1. The maximum Gasteiger partial charge on any atom is 0.246 e. The molecule has 1 aromatic heterocycles. The topological polar surface area (TPSA) is 93.4 Å². The Balaban J connectivity index is 2.43. The van der Waals surface area contributed by atoms with Crippen molar-refractivity contribution >= 4 is 27.5 Å². The maximum atomic E-state index is 12.4. The van der Waals surface area contributed by atoms with Crippen molar-refractivity contribution in [2.24, 2.45) is 5.73 Å². The highest BCUT2D eigenvalue weighted by Gasteiger charge is 2.39. The molecule has 1 aliphatic heterocycles. The average molecular weight is 290 g/mol. The van der Waals surface area contributed by atoms with Gasteiger partial charge in [0.2, 0.25) is 15.9 Å². The van der Waals surface area contributed by atoms with Gasteiger partial charge in [-0.25, -0.2) is 13.4 Å². The van der Waals surface area contributed by atoms with E-state index < -0.39 is 22.0 Å². The molecule has 2 N–H and O–H groups in total.